The molecule has 9 nitrogen and oxygen atoms in total. The SMILES string of the molecule is CS(=O)(=O)NC(=O)N1CCNCC1.c1cnc(N2CCCCC2)nc1. The molecule has 0 radical (unpaired) electrons. The summed E-state index contributed by atoms with van der Waals surface area (Å²) in [4.78, 5) is 23.4. The summed E-state index contributed by atoms with van der Waals surface area (Å²) in [5.41, 5.74) is 0. The summed E-state index contributed by atoms with van der Waals surface area (Å²) in [6.07, 6.45) is 8.47. The number of piperidine rings is 1. The van der Waals surface area contributed by atoms with Gasteiger partial charge in [-0.2, -0.15) is 0 Å². The van der Waals surface area contributed by atoms with Gasteiger partial charge in [-0.1, -0.05) is 0 Å². The van der Waals surface area contributed by atoms with Crippen molar-refractivity contribution in [2.75, 3.05) is 50.4 Å². The van der Waals surface area contributed by atoms with E-state index < -0.39 is 16.1 Å². The van der Waals surface area contributed by atoms with Crippen LogP contribution in [0.2, 0.25) is 0 Å². The van der Waals surface area contributed by atoms with Gasteiger partial charge in [0.05, 0.1) is 6.26 Å². The Morgan fingerprint density at radius 3 is 2.24 bits per heavy atom. The molecule has 2 fully saturated rings. The summed E-state index contributed by atoms with van der Waals surface area (Å²) in [7, 11) is -3.43. The van der Waals surface area contributed by atoms with Gasteiger partial charge >= 0.3 is 6.03 Å². The Bertz CT molecular complexity index is 628. The first-order valence-electron chi connectivity index (χ1n) is 8.45. The van der Waals surface area contributed by atoms with Crippen molar-refractivity contribution in [2.24, 2.45) is 0 Å². The number of anilines is 1. The zero-order valence-corrected chi connectivity index (χ0v) is 15.3. The van der Waals surface area contributed by atoms with Crippen LogP contribution >= 0.6 is 0 Å². The third kappa shape index (κ3) is 7.22. The number of hydrogen-bond acceptors (Lipinski definition) is 7. The van der Waals surface area contributed by atoms with Crippen molar-refractivity contribution in [3.05, 3.63) is 18.5 Å². The van der Waals surface area contributed by atoms with E-state index in [0.717, 1.165) is 25.3 Å². The van der Waals surface area contributed by atoms with E-state index in [1.54, 1.807) is 12.4 Å². The van der Waals surface area contributed by atoms with Crippen LogP contribution in [0.25, 0.3) is 0 Å². The standard InChI is InChI=1S/C9H13N3.C6H13N3O3S/c1-2-7-12(8-3-1)9-10-5-4-6-11-9;1-13(11,12)8-6(10)9-4-2-7-3-5-9/h4-6H,1-3,7-8H2;7H,2-5H2,1H3,(H,8,10). The van der Waals surface area contributed by atoms with Crippen molar-refractivity contribution in [2.45, 2.75) is 19.3 Å². The number of nitrogens with one attached hydrogen (secondary N) is 2. The van der Waals surface area contributed by atoms with Gasteiger partial charge in [0.2, 0.25) is 16.0 Å². The Labute approximate surface area is 148 Å². The lowest BCUT2D eigenvalue weighted by molar-refractivity contribution is 0.196. The molecule has 0 bridgehead atoms. The number of sulfonamides is 1. The van der Waals surface area contributed by atoms with E-state index in [1.807, 2.05) is 10.8 Å². The normalized spacial score (nSPS) is 18.1. The number of urea groups is 1. The fourth-order valence-corrected chi connectivity index (χ4v) is 3.09. The van der Waals surface area contributed by atoms with Gasteiger partial charge in [0.1, 0.15) is 0 Å². The number of aromatic nitrogens is 2. The quantitative estimate of drug-likeness (QED) is 0.756. The number of rotatable bonds is 2. The predicted molar refractivity (Wildman–Crippen MR) is 95.9 cm³/mol. The third-order valence-electron chi connectivity index (χ3n) is 3.87. The van der Waals surface area contributed by atoms with Crippen LogP contribution in [-0.2, 0) is 10.0 Å². The van der Waals surface area contributed by atoms with Gasteiger partial charge in [-0.15, -0.1) is 0 Å². The highest BCUT2D eigenvalue weighted by atomic mass is 32.2. The van der Waals surface area contributed by atoms with Gasteiger partial charge in [-0.05, 0) is 25.3 Å². The van der Waals surface area contributed by atoms with E-state index in [-0.39, 0.29) is 0 Å². The lowest BCUT2D eigenvalue weighted by atomic mass is 10.1. The second kappa shape index (κ2) is 9.52. The van der Waals surface area contributed by atoms with Gasteiger partial charge in [0.25, 0.3) is 0 Å². The summed E-state index contributed by atoms with van der Waals surface area (Å²) >= 11 is 0. The Balaban J connectivity index is 0.000000181. The lowest BCUT2D eigenvalue weighted by Gasteiger charge is -2.26. The van der Waals surface area contributed by atoms with Crippen molar-refractivity contribution in [1.29, 1.82) is 0 Å². The highest BCUT2D eigenvalue weighted by Crippen LogP contribution is 2.13. The fourth-order valence-electron chi connectivity index (χ4n) is 2.64. The van der Waals surface area contributed by atoms with Gasteiger partial charge < -0.3 is 15.1 Å². The lowest BCUT2D eigenvalue weighted by Crippen LogP contribution is -2.51. The first-order chi connectivity index (χ1) is 12.0. The number of nitrogens with zero attached hydrogens (tertiary/aromatic N) is 4. The number of hydrogen-bond donors (Lipinski definition) is 2. The minimum atomic E-state index is -3.43. The second-order valence-corrected chi connectivity index (χ2v) is 7.76. The molecule has 2 aliphatic rings. The van der Waals surface area contributed by atoms with Crippen molar-refractivity contribution in [1.82, 2.24) is 24.9 Å². The van der Waals surface area contributed by atoms with Crippen molar-refractivity contribution in [3.8, 4) is 0 Å². The van der Waals surface area contributed by atoms with E-state index >= 15 is 0 Å². The van der Waals surface area contributed by atoms with Crippen LogP contribution in [0.3, 0.4) is 0 Å². The Morgan fingerprint density at radius 1 is 1.08 bits per heavy atom. The number of amides is 2. The predicted octanol–water partition coefficient (Wildman–Crippen LogP) is 0.0277. The molecule has 140 valence electrons. The molecule has 10 heteroatoms. The maximum absolute atomic E-state index is 11.2. The van der Waals surface area contributed by atoms with Gasteiger partial charge in [0.15, 0.2) is 0 Å². The van der Waals surface area contributed by atoms with Gasteiger partial charge in [-0.25, -0.2) is 27.9 Å². The highest BCUT2D eigenvalue weighted by molar-refractivity contribution is 7.89. The summed E-state index contributed by atoms with van der Waals surface area (Å²) < 4.78 is 23.3. The van der Waals surface area contributed by atoms with E-state index in [4.69, 9.17) is 0 Å². The van der Waals surface area contributed by atoms with Crippen LogP contribution in [0, 0.1) is 0 Å². The molecule has 0 saturated carbocycles. The molecule has 1 aromatic heterocycles. The van der Waals surface area contributed by atoms with E-state index in [2.05, 4.69) is 20.2 Å². The molecule has 0 unspecified atom stereocenters. The number of carbonyl (C=O) groups excluding carboxylic acids is 1. The maximum atomic E-state index is 11.2. The number of carbonyl (C=O) groups is 1. The Kier molecular flexibility index (Phi) is 7.38. The minimum Gasteiger partial charge on any atom is -0.341 e. The van der Waals surface area contributed by atoms with E-state index in [0.29, 0.717) is 26.2 Å². The molecule has 0 atom stereocenters. The summed E-state index contributed by atoms with van der Waals surface area (Å²) in [6.45, 7) is 4.73. The molecular weight excluding hydrogens is 344 g/mol. The van der Waals surface area contributed by atoms with Crippen molar-refractivity contribution >= 4 is 22.0 Å². The summed E-state index contributed by atoms with van der Waals surface area (Å²) in [6, 6.07) is 1.32. The average molecular weight is 370 g/mol. The average Bonchev–Trinajstić information content (AvgIpc) is 2.63. The van der Waals surface area contributed by atoms with Crippen molar-refractivity contribution < 1.29 is 13.2 Å². The third-order valence-corrected chi connectivity index (χ3v) is 4.41. The maximum Gasteiger partial charge on any atom is 0.331 e. The zero-order chi connectivity index (χ0) is 18.1. The summed E-state index contributed by atoms with van der Waals surface area (Å²) in [5.74, 6) is 0.886. The summed E-state index contributed by atoms with van der Waals surface area (Å²) in [5, 5.41) is 3.06. The molecule has 3 rings (SSSR count). The Morgan fingerprint density at radius 2 is 1.68 bits per heavy atom. The van der Waals surface area contributed by atoms with Crippen molar-refractivity contribution in [3.63, 3.8) is 0 Å². The Hall–Kier alpha value is -1.94. The van der Waals surface area contributed by atoms with Crippen LogP contribution in [0.5, 0.6) is 0 Å². The highest BCUT2D eigenvalue weighted by Gasteiger charge is 2.18. The van der Waals surface area contributed by atoms with Crippen LogP contribution in [-0.4, -0.2) is 74.8 Å². The zero-order valence-electron chi connectivity index (χ0n) is 14.5. The van der Waals surface area contributed by atoms with Crippen LogP contribution < -0.4 is 14.9 Å². The molecule has 2 saturated heterocycles. The molecule has 3 heterocycles. The van der Waals surface area contributed by atoms with E-state index in [1.165, 1.54) is 24.2 Å². The van der Waals surface area contributed by atoms with Gasteiger partial charge in [0, 0.05) is 51.7 Å². The second-order valence-electron chi connectivity index (χ2n) is 6.01. The molecular formula is C15H26N6O3S. The molecule has 2 amide bonds. The molecule has 2 N–H and O–H groups in total. The topological polar surface area (TPSA) is 108 Å². The molecule has 0 spiro atoms. The molecule has 0 aromatic carbocycles. The van der Waals surface area contributed by atoms with Gasteiger partial charge in [-0.3, -0.25) is 0 Å². The van der Waals surface area contributed by atoms with Crippen LogP contribution in [0.4, 0.5) is 10.7 Å². The van der Waals surface area contributed by atoms with Crippen LogP contribution in [0.15, 0.2) is 18.5 Å². The monoisotopic (exact) mass is 370 g/mol. The first kappa shape index (κ1) is 19.4. The number of piperazine rings is 1. The minimum absolute atomic E-state index is 0.538. The smallest absolute Gasteiger partial charge is 0.331 e. The van der Waals surface area contributed by atoms with E-state index in [9.17, 15) is 13.2 Å². The van der Waals surface area contributed by atoms with Crippen LogP contribution in [0.1, 0.15) is 19.3 Å². The largest absolute Gasteiger partial charge is 0.341 e. The molecule has 1 aromatic rings. The fraction of sp³-hybridized carbons (Fsp3) is 0.667. The first-order valence-corrected chi connectivity index (χ1v) is 10.3. The molecule has 2 aliphatic heterocycles. The molecule has 0 aliphatic carbocycles. The molecule has 25 heavy (non-hydrogen) atoms.